The fourth-order valence-corrected chi connectivity index (χ4v) is 2.49. The van der Waals surface area contributed by atoms with Gasteiger partial charge >= 0.3 is 0 Å². The van der Waals surface area contributed by atoms with Gasteiger partial charge in [0.2, 0.25) is 10.0 Å². The smallest absolute Gasteiger partial charge is 0.211 e. The molecule has 12 heavy (non-hydrogen) atoms. The van der Waals surface area contributed by atoms with Crippen LogP contribution in [-0.4, -0.2) is 37.5 Å². The first-order valence-electron chi connectivity index (χ1n) is 3.60. The molecule has 1 aliphatic rings. The molecule has 6 heteroatoms. The number of hydrogen-bond acceptors (Lipinski definition) is 4. The van der Waals surface area contributed by atoms with E-state index < -0.39 is 22.0 Å². The van der Waals surface area contributed by atoms with Crippen LogP contribution in [-0.2, 0) is 14.8 Å². The maximum absolute atomic E-state index is 11.0. The normalized spacial score (nSPS) is 25.9. The highest BCUT2D eigenvalue weighted by Gasteiger charge is 2.31. The van der Waals surface area contributed by atoms with Crippen molar-refractivity contribution in [1.29, 1.82) is 0 Å². The van der Waals surface area contributed by atoms with E-state index in [0.29, 0.717) is 12.8 Å². The highest BCUT2D eigenvalue weighted by molar-refractivity contribution is 7.88. The molecule has 1 saturated heterocycles. The Morgan fingerprint density at radius 3 is 2.50 bits per heavy atom. The fourth-order valence-electron chi connectivity index (χ4n) is 1.37. The summed E-state index contributed by atoms with van der Waals surface area (Å²) in [6.45, 7) is 0.289. The number of aliphatic carboxylic acids is 1. The third-order valence-corrected chi connectivity index (χ3v) is 3.19. The lowest BCUT2D eigenvalue weighted by atomic mass is 10.2. The van der Waals surface area contributed by atoms with Crippen LogP contribution in [0.1, 0.15) is 12.8 Å². The van der Waals surface area contributed by atoms with Crippen molar-refractivity contribution in [3.63, 3.8) is 0 Å². The van der Waals surface area contributed by atoms with E-state index in [1.807, 2.05) is 0 Å². The molecular formula is C6H10NO4S-. The Labute approximate surface area is 71.0 Å². The standard InChI is InChI=1S/C6H11NO4S/c1-12(10,11)7-4-2-3-5(7)6(8)9/h5H,2-4H2,1H3,(H,8,9)/p-1/t5-/m1/s1. The van der Waals surface area contributed by atoms with Crippen LogP contribution in [0.2, 0.25) is 0 Å². The Morgan fingerprint density at radius 1 is 1.58 bits per heavy atom. The van der Waals surface area contributed by atoms with Gasteiger partial charge < -0.3 is 9.90 Å². The summed E-state index contributed by atoms with van der Waals surface area (Å²) in [5.74, 6) is -1.31. The van der Waals surface area contributed by atoms with Crippen molar-refractivity contribution in [3.8, 4) is 0 Å². The summed E-state index contributed by atoms with van der Waals surface area (Å²) in [6, 6.07) is -0.958. The van der Waals surface area contributed by atoms with Crippen LogP contribution in [0.15, 0.2) is 0 Å². The quantitative estimate of drug-likeness (QED) is 0.515. The van der Waals surface area contributed by atoms with E-state index in [4.69, 9.17) is 0 Å². The predicted octanol–water partition coefficient (Wildman–Crippen LogP) is -1.84. The number of nitrogens with zero attached hydrogens (tertiary/aromatic N) is 1. The molecule has 0 saturated carbocycles. The van der Waals surface area contributed by atoms with E-state index in [9.17, 15) is 18.3 Å². The number of carbonyl (C=O) groups excluding carboxylic acids is 1. The molecule has 0 aliphatic carbocycles. The van der Waals surface area contributed by atoms with Gasteiger partial charge in [0.15, 0.2) is 0 Å². The second kappa shape index (κ2) is 3.02. The lowest BCUT2D eigenvalue weighted by molar-refractivity contribution is -0.309. The minimum atomic E-state index is -3.38. The summed E-state index contributed by atoms with van der Waals surface area (Å²) in [4.78, 5) is 10.4. The highest BCUT2D eigenvalue weighted by atomic mass is 32.2. The third-order valence-electron chi connectivity index (χ3n) is 1.90. The molecule has 0 bridgehead atoms. The maximum atomic E-state index is 11.0. The summed E-state index contributed by atoms with van der Waals surface area (Å²) in [6.07, 6.45) is 1.95. The molecule has 1 atom stereocenters. The van der Waals surface area contributed by atoms with Crippen LogP contribution in [0.25, 0.3) is 0 Å². The largest absolute Gasteiger partial charge is 0.548 e. The molecule has 70 valence electrons. The number of carbonyl (C=O) groups is 1. The molecule has 1 heterocycles. The lowest BCUT2D eigenvalue weighted by Crippen LogP contribution is -2.46. The van der Waals surface area contributed by atoms with Gasteiger partial charge in [-0.05, 0) is 12.8 Å². The Morgan fingerprint density at radius 2 is 2.17 bits per heavy atom. The Hall–Kier alpha value is -0.620. The molecule has 0 amide bonds. The number of sulfonamides is 1. The van der Waals surface area contributed by atoms with Crippen molar-refractivity contribution >= 4 is 16.0 Å². The van der Waals surface area contributed by atoms with Gasteiger partial charge in [-0.1, -0.05) is 0 Å². The topological polar surface area (TPSA) is 77.5 Å². The number of rotatable bonds is 2. The van der Waals surface area contributed by atoms with E-state index in [-0.39, 0.29) is 6.54 Å². The molecule has 0 spiro atoms. The average molecular weight is 192 g/mol. The molecule has 1 aliphatic heterocycles. The number of carboxylic acid groups (broad SMARTS) is 1. The maximum Gasteiger partial charge on any atom is 0.211 e. The summed E-state index contributed by atoms with van der Waals surface area (Å²) in [7, 11) is -3.38. The first kappa shape index (κ1) is 9.47. The zero-order valence-corrected chi connectivity index (χ0v) is 7.50. The second-order valence-corrected chi connectivity index (χ2v) is 4.79. The van der Waals surface area contributed by atoms with Crippen molar-refractivity contribution in [2.45, 2.75) is 18.9 Å². The average Bonchev–Trinajstić information content (AvgIpc) is 2.30. The predicted molar refractivity (Wildman–Crippen MR) is 39.6 cm³/mol. The first-order valence-corrected chi connectivity index (χ1v) is 5.45. The van der Waals surface area contributed by atoms with Crippen LogP contribution in [0.5, 0.6) is 0 Å². The van der Waals surface area contributed by atoms with Crippen molar-refractivity contribution in [1.82, 2.24) is 4.31 Å². The number of hydrogen-bond donors (Lipinski definition) is 0. The van der Waals surface area contributed by atoms with Crippen LogP contribution in [0, 0.1) is 0 Å². The van der Waals surface area contributed by atoms with Gasteiger partial charge in [0.05, 0.1) is 18.3 Å². The van der Waals surface area contributed by atoms with Crippen molar-refractivity contribution < 1.29 is 18.3 Å². The van der Waals surface area contributed by atoms with Gasteiger partial charge in [-0.25, -0.2) is 8.42 Å². The van der Waals surface area contributed by atoms with Gasteiger partial charge in [-0.2, -0.15) is 4.31 Å². The molecule has 0 unspecified atom stereocenters. The zero-order valence-electron chi connectivity index (χ0n) is 6.69. The molecule has 1 fully saturated rings. The molecule has 0 radical (unpaired) electrons. The lowest BCUT2D eigenvalue weighted by Gasteiger charge is -2.22. The minimum absolute atomic E-state index is 0.289. The number of carboxylic acids is 1. The van der Waals surface area contributed by atoms with Gasteiger partial charge in [-0.3, -0.25) is 0 Å². The summed E-state index contributed by atoms with van der Waals surface area (Å²) in [5, 5.41) is 10.4. The molecular weight excluding hydrogens is 182 g/mol. The van der Waals surface area contributed by atoms with Crippen LogP contribution < -0.4 is 5.11 Å². The third kappa shape index (κ3) is 1.75. The van der Waals surface area contributed by atoms with E-state index in [1.165, 1.54) is 0 Å². The first-order chi connectivity index (χ1) is 5.43. The molecule has 0 aromatic heterocycles. The fraction of sp³-hybridized carbons (Fsp3) is 0.833. The molecule has 0 N–H and O–H groups in total. The van der Waals surface area contributed by atoms with Gasteiger partial charge in [0.25, 0.3) is 0 Å². The van der Waals surface area contributed by atoms with Crippen LogP contribution in [0.4, 0.5) is 0 Å². The summed E-state index contributed by atoms with van der Waals surface area (Å²) < 4.78 is 22.9. The summed E-state index contributed by atoms with van der Waals surface area (Å²) in [5.41, 5.74) is 0. The Balaban J connectivity index is 2.85. The molecule has 0 aromatic carbocycles. The van der Waals surface area contributed by atoms with Gasteiger partial charge in [0.1, 0.15) is 0 Å². The van der Waals surface area contributed by atoms with E-state index in [1.54, 1.807) is 0 Å². The molecule has 1 rings (SSSR count). The van der Waals surface area contributed by atoms with Crippen molar-refractivity contribution in [2.24, 2.45) is 0 Å². The SMILES string of the molecule is CS(=O)(=O)N1CCC[C@@H]1C(=O)[O-]. The zero-order chi connectivity index (χ0) is 9.35. The second-order valence-electron chi connectivity index (χ2n) is 2.85. The Kier molecular flexibility index (Phi) is 2.39. The van der Waals surface area contributed by atoms with E-state index in [2.05, 4.69) is 0 Å². The molecule has 0 aromatic rings. The van der Waals surface area contributed by atoms with Crippen LogP contribution >= 0.6 is 0 Å². The van der Waals surface area contributed by atoms with Crippen molar-refractivity contribution in [3.05, 3.63) is 0 Å². The van der Waals surface area contributed by atoms with Gasteiger partial charge in [-0.15, -0.1) is 0 Å². The highest BCUT2D eigenvalue weighted by Crippen LogP contribution is 2.19. The van der Waals surface area contributed by atoms with E-state index in [0.717, 1.165) is 10.6 Å². The van der Waals surface area contributed by atoms with Gasteiger partial charge in [0, 0.05) is 6.54 Å². The monoisotopic (exact) mass is 192 g/mol. The summed E-state index contributed by atoms with van der Waals surface area (Å²) >= 11 is 0. The van der Waals surface area contributed by atoms with Crippen molar-refractivity contribution in [2.75, 3.05) is 12.8 Å². The Bertz CT molecular complexity index is 284. The molecule has 5 nitrogen and oxygen atoms in total. The minimum Gasteiger partial charge on any atom is -0.548 e. The van der Waals surface area contributed by atoms with E-state index >= 15 is 0 Å². The van der Waals surface area contributed by atoms with Crippen LogP contribution in [0.3, 0.4) is 0 Å².